The Balaban J connectivity index is 1.80. The van der Waals surface area contributed by atoms with Crippen LogP contribution in [0.25, 0.3) is 0 Å². The molecular formula is C12H23NO2. The van der Waals surface area contributed by atoms with Crippen LogP contribution in [-0.2, 0) is 9.47 Å². The minimum atomic E-state index is 0.379. The molecule has 0 aromatic carbocycles. The summed E-state index contributed by atoms with van der Waals surface area (Å²) in [4.78, 5) is 2.52. The molecule has 0 aromatic rings. The van der Waals surface area contributed by atoms with Crippen LogP contribution in [0.2, 0.25) is 0 Å². The molecule has 2 rings (SSSR count). The van der Waals surface area contributed by atoms with Crippen molar-refractivity contribution in [2.75, 3.05) is 26.3 Å². The number of nitrogens with zero attached hydrogens (tertiary/aromatic N) is 1. The van der Waals surface area contributed by atoms with Crippen LogP contribution >= 0.6 is 0 Å². The van der Waals surface area contributed by atoms with Crippen molar-refractivity contribution in [1.82, 2.24) is 4.90 Å². The smallest absolute Gasteiger partial charge is 0.0702 e. The third-order valence-electron chi connectivity index (χ3n) is 3.45. The van der Waals surface area contributed by atoms with Crippen molar-refractivity contribution in [1.29, 1.82) is 0 Å². The maximum atomic E-state index is 5.78. The topological polar surface area (TPSA) is 21.7 Å². The van der Waals surface area contributed by atoms with Crippen molar-refractivity contribution in [2.24, 2.45) is 0 Å². The Hall–Kier alpha value is -0.120. The zero-order valence-electron chi connectivity index (χ0n) is 9.95. The molecule has 88 valence electrons. The predicted molar refractivity (Wildman–Crippen MR) is 60.0 cm³/mol. The Morgan fingerprint density at radius 1 is 1.20 bits per heavy atom. The van der Waals surface area contributed by atoms with Crippen LogP contribution in [0.1, 0.15) is 33.1 Å². The molecule has 2 aliphatic heterocycles. The minimum absolute atomic E-state index is 0.379. The second kappa shape index (κ2) is 5.28. The van der Waals surface area contributed by atoms with E-state index < -0.39 is 0 Å². The van der Waals surface area contributed by atoms with Gasteiger partial charge in [0.25, 0.3) is 0 Å². The van der Waals surface area contributed by atoms with Crippen molar-refractivity contribution < 1.29 is 9.47 Å². The molecule has 2 fully saturated rings. The van der Waals surface area contributed by atoms with Crippen molar-refractivity contribution in [3.8, 4) is 0 Å². The standard InChI is InChI=1S/C12H23NO2/c1-10-9-15-11(2)7-13(10)8-12-5-3-4-6-14-12/h10-12H,3-9H2,1-2H3/t10-,11+,12+/m0/s1. The highest BCUT2D eigenvalue weighted by atomic mass is 16.5. The van der Waals surface area contributed by atoms with Crippen LogP contribution in [0.15, 0.2) is 0 Å². The van der Waals surface area contributed by atoms with Gasteiger partial charge < -0.3 is 9.47 Å². The van der Waals surface area contributed by atoms with Crippen molar-refractivity contribution in [3.05, 3.63) is 0 Å². The summed E-state index contributed by atoms with van der Waals surface area (Å²) >= 11 is 0. The van der Waals surface area contributed by atoms with Crippen LogP contribution in [0, 0.1) is 0 Å². The second-order valence-electron chi connectivity index (χ2n) is 4.94. The van der Waals surface area contributed by atoms with Gasteiger partial charge in [-0.1, -0.05) is 0 Å². The van der Waals surface area contributed by atoms with Gasteiger partial charge in [-0.05, 0) is 33.1 Å². The van der Waals surface area contributed by atoms with E-state index in [0.29, 0.717) is 18.2 Å². The predicted octanol–water partition coefficient (Wildman–Crippen LogP) is 1.66. The number of ether oxygens (including phenoxy) is 2. The molecule has 3 heteroatoms. The Morgan fingerprint density at radius 3 is 2.80 bits per heavy atom. The molecule has 0 aromatic heterocycles. The normalized spacial score (nSPS) is 39.2. The summed E-state index contributed by atoms with van der Waals surface area (Å²) in [6.07, 6.45) is 4.65. The largest absolute Gasteiger partial charge is 0.377 e. The van der Waals surface area contributed by atoms with E-state index in [-0.39, 0.29) is 0 Å². The molecule has 2 saturated heterocycles. The molecule has 0 spiro atoms. The summed E-state index contributed by atoms with van der Waals surface area (Å²) in [5, 5.41) is 0. The first kappa shape index (κ1) is 11.4. The average Bonchev–Trinajstić information content (AvgIpc) is 2.25. The van der Waals surface area contributed by atoms with E-state index in [2.05, 4.69) is 18.7 Å². The third kappa shape index (κ3) is 3.16. The van der Waals surface area contributed by atoms with Gasteiger partial charge in [0.2, 0.25) is 0 Å². The molecule has 2 heterocycles. The van der Waals surface area contributed by atoms with E-state index in [0.717, 1.165) is 26.3 Å². The molecule has 0 unspecified atom stereocenters. The van der Waals surface area contributed by atoms with Crippen molar-refractivity contribution in [2.45, 2.75) is 51.4 Å². The number of morpholine rings is 1. The summed E-state index contributed by atoms with van der Waals surface area (Å²) in [6.45, 7) is 8.37. The fourth-order valence-electron chi connectivity index (χ4n) is 2.44. The van der Waals surface area contributed by atoms with Gasteiger partial charge in [-0.3, -0.25) is 4.90 Å². The lowest BCUT2D eigenvalue weighted by Gasteiger charge is -2.39. The van der Waals surface area contributed by atoms with Gasteiger partial charge in [-0.25, -0.2) is 0 Å². The molecule has 0 radical (unpaired) electrons. The summed E-state index contributed by atoms with van der Waals surface area (Å²) in [6, 6.07) is 0.548. The molecule has 0 bridgehead atoms. The van der Waals surface area contributed by atoms with Gasteiger partial charge in [-0.15, -0.1) is 0 Å². The minimum Gasteiger partial charge on any atom is -0.377 e. The Bertz CT molecular complexity index is 192. The molecular weight excluding hydrogens is 190 g/mol. The molecule has 0 saturated carbocycles. The fraction of sp³-hybridized carbons (Fsp3) is 1.00. The van der Waals surface area contributed by atoms with E-state index in [4.69, 9.17) is 9.47 Å². The highest BCUT2D eigenvalue weighted by Crippen LogP contribution is 2.17. The van der Waals surface area contributed by atoms with Crippen LogP contribution in [0.5, 0.6) is 0 Å². The van der Waals surface area contributed by atoms with Gasteiger partial charge in [-0.2, -0.15) is 0 Å². The highest BCUT2D eigenvalue weighted by molar-refractivity contribution is 4.78. The van der Waals surface area contributed by atoms with Gasteiger partial charge >= 0.3 is 0 Å². The lowest BCUT2D eigenvalue weighted by atomic mass is 10.1. The molecule has 3 atom stereocenters. The lowest BCUT2D eigenvalue weighted by Crippen LogP contribution is -2.50. The highest BCUT2D eigenvalue weighted by Gasteiger charge is 2.26. The summed E-state index contributed by atoms with van der Waals surface area (Å²) in [5.41, 5.74) is 0. The van der Waals surface area contributed by atoms with Gasteiger partial charge in [0.05, 0.1) is 18.8 Å². The molecule has 2 aliphatic rings. The second-order valence-corrected chi connectivity index (χ2v) is 4.94. The van der Waals surface area contributed by atoms with E-state index in [1.54, 1.807) is 0 Å². The Labute approximate surface area is 92.7 Å². The molecule has 0 amide bonds. The van der Waals surface area contributed by atoms with Crippen molar-refractivity contribution in [3.63, 3.8) is 0 Å². The van der Waals surface area contributed by atoms with E-state index >= 15 is 0 Å². The maximum absolute atomic E-state index is 5.78. The fourth-order valence-corrected chi connectivity index (χ4v) is 2.44. The molecule has 3 nitrogen and oxygen atoms in total. The number of hydrogen-bond acceptors (Lipinski definition) is 3. The lowest BCUT2D eigenvalue weighted by molar-refractivity contribution is -0.0777. The monoisotopic (exact) mass is 213 g/mol. The van der Waals surface area contributed by atoms with Gasteiger partial charge in [0.15, 0.2) is 0 Å². The SMILES string of the molecule is C[C@@H]1CN(C[C@H]2CCCCO2)[C@@H](C)CO1. The van der Waals surface area contributed by atoms with E-state index in [9.17, 15) is 0 Å². The molecule has 0 N–H and O–H groups in total. The van der Waals surface area contributed by atoms with Crippen LogP contribution < -0.4 is 0 Å². The maximum Gasteiger partial charge on any atom is 0.0702 e. The zero-order chi connectivity index (χ0) is 10.7. The summed E-state index contributed by atoms with van der Waals surface area (Å²) in [5.74, 6) is 0. The van der Waals surface area contributed by atoms with Crippen molar-refractivity contribution >= 4 is 0 Å². The number of rotatable bonds is 2. The van der Waals surface area contributed by atoms with Crippen LogP contribution in [0.3, 0.4) is 0 Å². The molecule has 15 heavy (non-hydrogen) atoms. The van der Waals surface area contributed by atoms with Gasteiger partial charge in [0.1, 0.15) is 0 Å². The first-order chi connectivity index (χ1) is 7.25. The summed E-state index contributed by atoms with van der Waals surface area (Å²) < 4.78 is 11.4. The van der Waals surface area contributed by atoms with E-state index in [1.807, 2.05) is 0 Å². The third-order valence-corrected chi connectivity index (χ3v) is 3.45. The summed E-state index contributed by atoms with van der Waals surface area (Å²) in [7, 11) is 0. The van der Waals surface area contributed by atoms with Crippen LogP contribution in [-0.4, -0.2) is 49.5 Å². The first-order valence-electron chi connectivity index (χ1n) is 6.23. The Morgan fingerprint density at radius 2 is 2.07 bits per heavy atom. The zero-order valence-corrected chi connectivity index (χ0v) is 9.95. The number of hydrogen-bond donors (Lipinski definition) is 0. The first-order valence-corrected chi connectivity index (χ1v) is 6.23. The average molecular weight is 213 g/mol. The Kier molecular flexibility index (Phi) is 4.00. The van der Waals surface area contributed by atoms with Crippen LogP contribution in [0.4, 0.5) is 0 Å². The van der Waals surface area contributed by atoms with E-state index in [1.165, 1.54) is 19.3 Å². The van der Waals surface area contributed by atoms with Gasteiger partial charge in [0, 0.05) is 25.7 Å². The molecule has 0 aliphatic carbocycles. The quantitative estimate of drug-likeness (QED) is 0.696.